The minimum Gasteiger partial charge on any atom is -0.494 e. The van der Waals surface area contributed by atoms with E-state index in [0.29, 0.717) is 23.2 Å². The molecule has 0 spiro atoms. The largest absolute Gasteiger partial charge is 0.494 e. The van der Waals surface area contributed by atoms with Gasteiger partial charge in [-0.2, -0.15) is 0 Å². The molecule has 2 aromatic rings. The second-order valence-electron chi connectivity index (χ2n) is 5.29. The molecule has 0 aliphatic carbocycles. The van der Waals surface area contributed by atoms with Crippen LogP contribution in [-0.2, 0) is 9.59 Å². The van der Waals surface area contributed by atoms with Gasteiger partial charge in [-0.25, -0.2) is 14.9 Å². The van der Waals surface area contributed by atoms with Crippen LogP contribution in [0.2, 0.25) is 0 Å². The highest BCUT2D eigenvalue weighted by atomic mass is 32.2. The SMILES string of the molecule is CCOc1ccc(N2C(=O)C[C@@H](Sc3nccc(C)n3)C2=O)cc1. The number of aromatic nitrogens is 2. The Kier molecular flexibility index (Phi) is 4.80. The third-order valence-corrected chi connectivity index (χ3v) is 4.59. The van der Waals surface area contributed by atoms with Crippen LogP contribution in [0.5, 0.6) is 5.75 Å². The third-order valence-electron chi connectivity index (χ3n) is 3.53. The summed E-state index contributed by atoms with van der Waals surface area (Å²) >= 11 is 1.23. The van der Waals surface area contributed by atoms with Crippen LogP contribution in [0.4, 0.5) is 5.69 Å². The summed E-state index contributed by atoms with van der Waals surface area (Å²) < 4.78 is 5.38. The van der Waals surface area contributed by atoms with Crippen LogP contribution < -0.4 is 9.64 Å². The summed E-state index contributed by atoms with van der Waals surface area (Å²) in [5, 5.41) is 0.0144. The molecule has 2 heterocycles. The average Bonchev–Trinajstić information content (AvgIpc) is 2.83. The van der Waals surface area contributed by atoms with Gasteiger partial charge in [-0.05, 0) is 44.2 Å². The molecule has 0 bridgehead atoms. The predicted octanol–water partition coefficient (Wildman–Crippen LogP) is 2.61. The van der Waals surface area contributed by atoms with Crippen molar-refractivity contribution in [3.63, 3.8) is 0 Å². The second-order valence-corrected chi connectivity index (χ2v) is 6.46. The summed E-state index contributed by atoms with van der Waals surface area (Å²) in [6.45, 7) is 4.33. The first kappa shape index (κ1) is 16.4. The molecule has 1 aromatic carbocycles. The van der Waals surface area contributed by atoms with Gasteiger partial charge in [0.2, 0.25) is 11.8 Å². The van der Waals surface area contributed by atoms with E-state index in [-0.39, 0.29) is 18.2 Å². The molecule has 7 heteroatoms. The van der Waals surface area contributed by atoms with Crippen LogP contribution in [0.3, 0.4) is 0 Å². The van der Waals surface area contributed by atoms with E-state index < -0.39 is 5.25 Å². The average molecular weight is 343 g/mol. The molecule has 3 rings (SSSR count). The highest BCUT2D eigenvalue weighted by Gasteiger charge is 2.40. The van der Waals surface area contributed by atoms with Crippen molar-refractivity contribution in [2.45, 2.75) is 30.7 Å². The number of ether oxygens (including phenoxy) is 1. The minimum absolute atomic E-state index is 0.147. The normalized spacial score (nSPS) is 17.4. The van der Waals surface area contributed by atoms with E-state index in [1.54, 1.807) is 36.5 Å². The number of aryl methyl sites for hydroxylation is 1. The smallest absolute Gasteiger partial charge is 0.247 e. The van der Waals surface area contributed by atoms with Crippen LogP contribution in [0.15, 0.2) is 41.7 Å². The van der Waals surface area contributed by atoms with E-state index in [0.717, 1.165) is 5.69 Å². The van der Waals surface area contributed by atoms with Gasteiger partial charge in [0, 0.05) is 18.3 Å². The van der Waals surface area contributed by atoms with Crippen molar-refractivity contribution in [1.29, 1.82) is 0 Å². The summed E-state index contributed by atoms with van der Waals surface area (Å²) in [7, 11) is 0. The van der Waals surface area contributed by atoms with Crippen LogP contribution >= 0.6 is 11.8 Å². The minimum atomic E-state index is -0.495. The maximum absolute atomic E-state index is 12.6. The van der Waals surface area contributed by atoms with Gasteiger partial charge in [0.15, 0.2) is 5.16 Å². The lowest BCUT2D eigenvalue weighted by Crippen LogP contribution is -2.31. The first-order valence-corrected chi connectivity index (χ1v) is 8.52. The third kappa shape index (κ3) is 3.41. The van der Waals surface area contributed by atoms with Crippen molar-refractivity contribution in [2.75, 3.05) is 11.5 Å². The maximum atomic E-state index is 12.6. The predicted molar refractivity (Wildman–Crippen MR) is 91.1 cm³/mol. The van der Waals surface area contributed by atoms with Crippen molar-refractivity contribution in [3.8, 4) is 5.75 Å². The summed E-state index contributed by atoms with van der Waals surface area (Å²) in [6, 6.07) is 8.74. The molecule has 6 nitrogen and oxygen atoms in total. The first-order chi connectivity index (χ1) is 11.6. The molecular weight excluding hydrogens is 326 g/mol. The summed E-state index contributed by atoms with van der Waals surface area (Å²) in [6.07, 6.45) is 1.80. The molecule has 2 amide bonds. The Balaban J connectivity index is 1.76. The van der Waals surface area contributed by atoms with Crippen LogP contribution in [0, 0.1) is 6.92 Å². The molecule has 0 saturated carbocycles. The number of hydrogen-bond acceptors (Lipinski definition) is 6. The Bertz CT molecular complexity index is 764. The topological polar surface area (TPSA) is 72.4 Å². The Labute approximate surface area is 144 Å². The highest BCUT2D eigenvalue weighted by Crippen LogP contribution is 2.33. The van der Waals surface area contributed by atoms with E-state index in [9.17, 15) is 9.59 Å². The summed E-state index contributed by atoms with van der Waals surface area (Å²) in [5.41, 5.74) is 1.38. The molecule has 1 aliphatic rings. The van der Waals surface area contributed by atoms with E-state index in [2.05, 4.69) is 9.97 Å². The number of carbonyl (C=O) groups excluding carboxylic acids is 2. The van der Waals surface area contributed by atoms with Crippen molar-refractivity contribution < 1.29 is 14.3 Å². The van der Waals surface area contributed by atoms with Gasteiger partial charge in [0.1, 0.15) is 11.0 Å². The monoisotopic (exact) mass is 343 g/mol. The summed E-state index contributed by atoms with van der Waals surface area (Å²) in [5.74, 6) is 0.257. The zero-order valence-electron chi connectivity index (χ0n) is 13.4. The lowest BCUT2D eigenvalue weighted by molar-refractivity contribution is -0.121. The number of rotatable bonds is 5. The molecular formula is C17H17N3O3S. The second kappa shape index (κ2) is 7.00. The van der Waals surface area contributed by atoms with Crippen LogP contribution in [-0.4, -0.2) is 33.6 Å². The molecule has 124 valence electrons. The van der Waals surface area contributed by atoms with Gasteiger partial charge in [-0.15, -0.1) is 0 Å². The lowest BCUT2D eigenvalue weighted by Gasteiger charge is -2.15. The number of thioether (sulfide) groups is 1. The van der Waals surface area contributed by atoms with E-state index in [4.69, 9.17) is 4.74 Å². The highest BCUT2D eigenvalue weighted by molar-refractivity contribution is 8.00. The van der Waals surface area contributed by atoms with Crippen molar-refractivity contribution >= 4 is 29.3 Å². The molecule has 1 saturated heterocycles. The Morgan fingerprint density at radius 3 is 2.67 bits per heavy atom. The molecule has 1 atom stereocenters. The van der Waals surface area contributed by atoms with E-state index in [1.807, 2.05) is 13.8 Å². The maximum Gasteiger partial charge on any atom is 0.247 e. The van der Waals surface area contributed by atoms with Gasteiger partial charge in [0.05, 0.1) is 12.3 Å². The Morgan fingerprint density at radius 1 is 1.25 bits per heavy atom. The quantitative estimate of drug-likeness (QED) is 0.614. The van der Waals surface area contributed by atoms with Gasteiger partial charge < -0.3 is 4.74 Å². The number of anilines is 1. The molecule has 0 unspecified atom stereocenters. The number of nitrogens with zero attached hydrogens (tertiary/aromatic N) is 3. The molecule has 0 N–H and O–H groups in total. The fraction of sp³-hybridized carbons (Fsp3) is 0.294. The number of hydrogen-bond donors (Lipinski definition) is 0. The van der Waals surface area contributed by atoms with Gasteiger partial charge >= 0.3 is 0 Å². The van der Waals surface area contributed by atoms with E-state index >= 15 is 0 Å². The fourth-order valence-corrected chi connectivity index (χ4v) is 3.44. The van der Waals surface area contributed by atoms with Crippen LogP contribution in [0.25, 0.3) is 0 Å². The van der Waals surface area contributed by atoms with Crippen LogP contribution in [0.1, 0.15) is 19.0 Å². The van der Waals surface area contributed by atoms with Gasteiger partial charge in [-0.3, -0.25) is 9.59 Å². The summed E-state index contributed by atoms with van der Waals surface area (Å²) in [4.78, 5) is 34.5. The number of carbonyl (C=O) groups is 2. The zero-order valence-corrected chi connectivity index (χ0v) is 14.2. The van der Waals surface area contributed by atoms with Crippen molar-refractivity contribution in [2.24, 2.45) is 0 Å². The number of imide groups is 1. The van der Waals surface area contributed by atoms with Gasteiger partial charge in [-0.1, -0.05) is 11.8 Å². The standard InChI is InChI=1S/C17H17N3O3S/c1-3-23-13-6-4-12(5-7-13)20-15(21)10-14(16(20)22)24-17-18-9-8-11(2)19-17/h4-9,14H,3,10H2,1-2H3/t14-/m1/s1. The molecule has 1 fully saturated rings. The lowest BCUT2D eigenvalue weighted by atomic mass is 10.3. The Morgan fingerprint density at radius 2 is 2.00 bits per heavy atom. The fourth-order valence-electron chi connectivity index (χ4n) is 2.44. The first-order valence-electron chi connectivity index (χ1n) is 7.64. The number of amides is 2. The zero-order chi connectivity index (χ0) is 17.1. The van der Waals surface area contributed by atoms with Crippen molar-refractivity contribution in [1.82, 2.24) is 9.97 Å². The Hall–Kier alpha value is -2.41. The number of benzene rings is 1. The molecule has 24 heavy (non-hydrogen) atoms. The molecule has 0 radical (unpaired) electrons. The van der Waals surface area contributed by atoms with Gasteiger partial charge in [0.25, 0.3) is 0 Å². The van der Waals surface area contributed by atoms with Crippen molar-refractivity contribution in [3.05, 3.63) is 42.2 Å². The van der Waals surface area contributed by atoms with E-state index in [1.165, 1.54) is 16.7 Å². The molecule has 1 aromatic heterocycles. The molecule has 1 aliphatic heterocycles.